The topological polar surface area (TPSA) is 95.1 Å². The van der Waals surface area contributed by atoms with Gasteiger partial charge in [-0.2, -0.15) is 5.26 Å². The summed E-state index contributed by atoms with van der Waals surface area (Å²) in [7, 11) is 4.17. The van der Waals surface area contributed by atoms with E-state index in [9.17, 15) is 10.1 Å². The summed E-state index contributed by atoms with van der Waals surface area (Å²) in [6.07, 6.45) is 4.66. The molecule has 2 rings (SSSR count). The van der Waals surface area contributed by atoms with Gasteiger partial charge in [0.25, 0.3) is 0 Å². The van der Waals surface area contributed by atoms with Crippen LogP contribution in [-0.4, -0.2) is 41.0 Å². The fourth-order valence-electron chi connectivity index (χ4n) is 3.39. The molecule has 1 N–H and O–H groups in total. The zero-order valence-corrected chi connectivity index (χ0v) is 13.9. The van der Waals surface area contributed by atoms with Crippen molar-refractivity contribution in [2.45, 2.75) is 38.1 Å². The number of nitrogens with zero attached hydrogens (tertiary/aromatic N) is 4. The van der Waals surface area contributed by atoms with Gasteiger partial charge in [0, 0.05) is 18.2 Å². The Morgan fingerprint density at radius 3 is 2.87 bits per heavy atom. The molecule has 0 bridgehead atoms. The summed E-state index contributed by atoms with van der Waals surface area (Å²) in [5.74, 6) is 1.18. The van der Waals surface area contributed by atoms with Gasteiger partial charge in [-0.05, 0) is 38.9 Å². The van der Waals surface area contributed by atoms with Crippen molar-refractivity contribution >= 4 is 11.5 Å². The van der Waals surface area contributed by atoms with Gasteiger partial charge >= 0.3 is 5.69 Å². The van der Waals surface area contributed by atoms with Crippen molar-refractivity contribution < 1.29 is 4.92 Å². The lowest BCUT2D eigenvalue weighted by Crippen LogP contribution is -2.52. The van der Waals surface area contributed by atoms with Crippen LogP contribution in [0.15, 0.2) is 12.1 Å². The average Bonchev–Trinajstić information content (AvgIpc) is 2.52. The summed E-state index contributed by atoms with van der Waals surface area (Å²) in [5, 5.41) is 23.2. The fourth-order valence-corrected chi connectivity index (χ4v) is 3.39. The quantitative estimate of drug-likeness (QED) is 0.662. The van der Waals surface area contributed by atoms with Gasteiger partial charge < -0.3 is 10.2 Å². The first-order chi connectivity index (χ1) is 10.9. The Hall–Kier alpha value is -2.20. The van der Waals surface area contributed by atoms with Crippen LogP contribution in [0.25, 0.3) is 0 Å². The predicted molar refractivity (Wildman–Crippen MR) is 88.1 cm³/mol. The predicted octanol–water partition coefficient (Wildman–Crippen LogP) is 2.78. The summed E-state index contributed by atoms with van der Waals surface area (Å²) in [6.45, 7) is 2.98. The van der Waals surface area contributed by atoms with Crippen molar-refractivity contribution in [3.8, 4) is 6.07 Å². The molecule has 1 fully saturated rings. The number of hydrogen-bond donors (Lipinski definition) is 1. The molecule has 124 valence electrons. The van der Waals surface area contributed by atoms with Gasteiger partial charge in [0.15, 0.2) is 0 Å². The maximum atomic E-state index is 10.9. The van der Waals surface area contributed by atoms with E-state index in [0.717, 1.165) is 12.8 Å². The second-order valence-corrected chi connectivity index (χ2v) is 6.61. The normalized spacial score (nSPS) is 24.2. The van der Waals surface area contributed by atoms with E-state index in [-0.39, 0.29) is 16.9 Å². The van der Waals surface area contributed by atoms with Crippen molar-refractivity contribution in [1.29, 1.82) is 5.26 Å². The van der Waals surface area contributed by atoms with E-state index in [1.165, 1.54) is 18.9 Å². The molecule has 0 radical (unpaired) electrons. The van der Waals surface area contributed by atoms with E-state index in [4.69, 9.17) is 5.26 Å². The van der Waals surface area contributed by atoms with Gasteiger partial charge in [0.2, 0.25) is 5.69 Å². The number of nitro groups is 1. The first kappa shape index (κ1) is 17.2. The summed E-state index contributed by atoms with van der Waals surface area (Å²) in [4.78, 5) is 16.6. The lowest BCUT2D eigenvalue weighted by atomic mass is 9.75. The molecule has 2 unspecified atom stereocenters. The van der Waals surface area contributed by atoms with Crippen molar-refractivity contribution in [3.05, 3.63) is 27.9 Å². The Kier molecular flexibility index (Phi) is 5.16. The summed E-state index contributed by atoms with van der Waals surface area (Å²) in [5.41, 5.74) is -0.365. The van der Waals surface area contributed by atoms with Crippen molar-refractivity contribution in [1.82, 2.24) is 9.88 Å². The standard InChI is InChI=1S/C16H23N5O2/c1-12-5-4-8-16(9-12,20(2)3)11-18-15-7-6-14(21(22)23)13(10-17)19-15/h6-7,12H,4-5,8-9,11H2,1-3H3,(H,18,19). The minimum Gasteiger partial charge on any atom is -0.368 e. The molecule has 1 aromatic rings. The smallest absolute Gasteiger partial charge is 0.305 e. The fraction of sp³-hybridized carbons (Fsp3) is 0.625. The number of anilines is 1. The van der Waals surface area contributed by atoms with Crippen LogP contribution >= 0.6 is 0 Å². The lowest BCUT2D eigenvalue weighted by molar-refractivity contribution is -0.385. The Balaban J connectivity index is 2.15. The third-order valence-electron chi connectivity index (χ3n) is 4.79. The van der Waals surface area contributed by atoms with Crippen LogP contribution in [0.2, 0.25) is 0 Å². The molecule has 0 amide bonds. The Morgan fingerprint density at radius 2 is 2.30 bits per heavy atom. The monoisotopic (exact) mass is 317 g/mol. The van der Waals surface area contributed by atoms with Gasteiger partial charge in [-0.15, -0.1) is 0 Å². The van der Waals surface area contributed by atoms with E-state index in [1.54, 1.807) is 12.1 Å². The molecule has 0 saturated heterocycles. The Morgan fingerprint density at radius 1 is 1.57 bits per heavy atom. The molecule has 0 aliphatic heterocycles. The second-order valence-electron chi connectivity index (χ2n) is 6.61. The summed E-state index contributed by atoms with van der Waals surface area (Å²) >= 11 is 0. The zero-order valence-electron chi connectivity index (χ0n) is 13.9. The molecule has 1 aliphatic rings. The molecule has 1 heterocycles. The highest BCUT2D eigenvalue weighted by atomic mass is 16.6. The SMILES string of the molecule is CC1CCCC(CNc2ccc([N+](=O)[O-])c(C#N)n2)(N(C)C)C1. The highest BCUT2D eigenvalue weighted by Gasteiger charge is 2.36. The van der Waals surface area contributed by atoms with Crippen LogP contribution in [-0.2, 0) is 0 Å². The third kappa shape index (κ3) is 3.77. The average molecular weight is 317 g/mol. The summed E-state index contributed by atoms with van der Waals surface area (Å²) in [6, 6.07) is 4.69. The molecule has 7 nitrogen and oxygen atoms in total. The second kappa shape index (κ2) is 6.92. The van der Waals surface area contributed by atoms with Crippen LogP contribution < -0.4 is 5.32 Å². The van der Waals surface area contributed by atoms with Gasteiger partial charge in [-0.3, -0.25) is 10.1 Å². The maximum absolute atomic E-state index is 10.9. The third-order valence-corrected chi connectivity index (χ3v) is 4.79. The van der Waals surface area contributed by atoms with Crippen molar-refractivity contribution in [2.75, 3.05) is 26.0 Å². The molecule has 2 atom stereocenters. The molecule has 7 heteroatoms. The molecule has 1 saturated carbocycles. The van der Waals surface area contributed by atoms with Crippen LogP contribution in [0.5, 0.6) is 0 Å². The Labute approximate surface area is 136 Å². The van der Waals surface area contributed by atoms with Gasteiger partial charge in [-0.25, -0.2) is 4.98 Å². The highest BCUT2D eigenvalue weighted by molar-refractivity contribution is 5.50. The van der Waals surface area contributed by atoms with E-state index in [1.807, 2.05) is 0 Å². The molecular weight excluding hydrogens is 294 g/mol. The van der Waals surface area contributed by atoms with Gasteiger partial charge in [0.1, 0.15) is 11.9 Å². The minimum atomic E-state index is -0.584. The number of rotatable bonds is 5. The van der Waals surface area contributed by atoms with Crippen molar-refractivity contribution in [2.24, 2.45) is 5.92 Å². The number of nitriles is 1. The van der Waals surface area contributed by atoms with Crippen LogP contribution in [0.4, 0.5) is 11.5 Å². The van der Waals surface area contributed by atoms with E-state index in [0.29, 0.717) is 18.3 Å². The number of nitrogens with one attached hydrogen (secondary N) is 1. The molecular formula is C16H23N5O2. The summed E-state index contributed by atoms with van der Waals surface area (Å²) < 4.78 is 0. The van der Waals surface area contributed by atoms with E-state index < -0.39 is 4.92 Å². The highest BCUT2D eigenvalue weighted by Crippen LogP contribution is 2.35. The number of likely N-dealkylation sites (N-methyl/N-ethyl adjacent to an activating group) is 1. The number of pyridine rings is 1. The first-order valence-corrected chi connectivity index (χ1v) is 7.85. The molecule has 1 aliphatic carbocycles. The largest absolute Gasteiger partial charge is 0.368 e. The molecule has 1 aromatic heterocycles. The minimum absolute atomic E-state index is 0.0495. The van der Waals surface area contributed by atoms with Crippen molar-refractivity contribution in [3.63, 3.8) is 0 Å². The molecule has 0 spiro atoms. The lowest BCUT2D eigenvalue weighted by Gasteiger charge is -2.45. The first-order valence-electron chi connectivity index (χ1n) is 7.85. The number of aromatic nitrogens is 1. The molecule has 0 aromatic carbocycles. The van der Waals surface area contributed by atoms with Gasteiger partial charge in [-0.1, -0.05) is 19.8 Å². The zero-order chi connectivity index (χ0) is 17.0. The van der Waals surface area contributed by atoms with Crippen LogP contribution in [0.1, 0.15) is 38.3 Å². The van der Waals surface area contributed by atoms with Gasteiger partial charge in [0.05, 0.1) is 4.92 Å². The Bertz CT molecular complexity index is 625. The maximum Gasteiger partial charge on any atom is 0.305 e. The van der Waals surface area contributed by atoms with E-state index >= 15 is 0 Å². The number of hydrogen-bond acceptors (Lipinski definition) is 6. The molecule has 23 heavy (non-hydrogen) atoms. The van der Waals surface area contributed by atoms with Crippen LogP contribution in [0, 0.1) is 27.4 Å². The van der Waals surface area contributed by atoms with Crippen LogP contribution in [0.3, 0.4) is 0 Å². The van der Waals surface area contributed by atoms with E-state index in [2.05, 4.69) is 36.2 Å².